The van der Waals surface area contributed by atoms with Gasteiger partial charge in [-0.15, -0.1) is 0 Å². The Balaban J connectivity index is 1.81. The van der Waals surface area contributed by atoms with Gasteiger partial charge < -0.3 is 29.6 Å². The first-order chi connectivity index (χ1) is 16.4. The molecule has 9 heteroatoms. The van der Waals surface area contributed by atoms with Gasteiger partial charge in [0.1, 0.15) is 18.4 Å². The molecule has 0 unspecified atom stereocenters. The minimum absolute atomic E-state index is 0.0522. The van der Waals surface area contributed by atoms with Gasteiger partial charge in [-0.3, -0.25) is 9.78 Å². The molecule has 0 bridgehead atoms. The maximum absolute atomic E-state index is 12.2. The molecule has 1 saturated heterocycles. The van der Waals surface area contributed by atoms with Crippen molar-refractivity contribution in [3.8, 4) is 5.75 Å². The van der Waals surface area contributed by atoms with Crippen molar-refractivity contribution >= 4 is 34.6 Å². The summed E-state index contributed by atoms with van der Waals surface area (Å²) >= 11 is 5.83. The van der Waals surface area contributed by atoms with Crippen LogP contribution in [-0.4, -0.2) is 41.4 Å². The minimum Gasteiger partial charge on any atom is -0.495 e. The fourth-order valence-corrected chi connectivity index (χ4v) is 4.67. The highest BCUT2D eigenvalue weighted by Gasteiger charge is 2.42. The number of aromatic nitrogens is 2. The van der Waals surface area contributed by atoms with Gasteiger partial charge in [0.25, 0.3) is 0 Å². The number of hydrogen-bond donors (Lipinski definition) is 2. The van der Waals surface area contributed by atoms with Crippen LogP contribution in [0.5, 0.6) is 5.75 Å². The van der Waals surface area contributed by atoms with Gasteiger partial charge in [0.2, 0.25) is 5.91 Å². The van der Waals surface area contributed by atoms with E-state index in [1.165, 1.54) is 7.11 Å². The van der Waals surface area contributed by atoms with Gasteiger partial charge in [0.05, 0.1) is 24.5 Å². The van der Waals surface area contributed by atoms with Gasteiger partial charge in [-0.25, -0.2) is 0 Å². The Hall–Kier alpha value is -3.43. The van der Waals surface area contributed by atoms with Crippen LogP contribution in [0.2, 0.25) is 0 Å². The van der Waals surface area contributed by atoms with Crippen molar-refractivity contribution in [2.24, 2.45) is 0 Å². The summed E-state index contributed by atoms with van der Waals surface area (Å²) in [5.41, 5.74) is 3.38. The molecule has 2 N–H and O–H groups in total. The summed E-state index contributed by atoms with van der Waals surface area (Å²) in [5, 5.41) is 6.92. The fraction of sp³-hybridized carbons (Fsp3) is 0.320. The van der Waals surface area contributed by atoms with E-state index < -0.39 is 0 Å². The largest absolute Gasteiger partial charge is 0.495 e. The predicted octanol–water partition coefficient (Wildman–Crippen LogP) is 4.23. The molecule has 0 aliphatic carbocycles. The zero-order valence-electron chi connectivity index (χ0n) is 19.7. The molecule has 2 aromatic heterocycles. The van der Waals surface area contributed by atoms with Crippen LogP contribution in [0.25, 0.3) is 0 Å². The summed E-state index contributed by atoms with van der Waals surface area (Å²) in [6.07, 6.45) is 3.87. The van der Waals surface area contributed by atoms with Crippen LogP contribution in [0, 0.1) is 0 Å². The molecule has 8 nitrogen and oxygen atoms in total. The Kier molecular flexibility index (Phi) is 7.14. The van der Waals surface area contributed by atoms with Crippen LogP contribution in [-0.2, 0) is 9.53 Å². The number of methoxy groups -OCH3 is 2. The molecule has 0 saturated carbocycles. The quantitative estimate of drug-likeness (QED) is 0.468. The predicted molar refractivity (Wildman–Crippen MR) is 136 cm³/mol. The van der Waals surface area contributed by atoms with Crippen molar-refractivity contribution in [2.45, 2.75) is 32.0 Å². The molecule has 34 heavy (non-hydrogen) atoms. The first-order valence-electron chi connectivity index (χ1n) is 11.1. The second-order valence-electron chi connectivity index (χ2n) is 8.30. The Bertz CT molecular complexity index is 1160. The van der Waals surface area contributed by atoms with Gasteiger partial charge in [-0.2, -0.15) is 0 Å². The van der Waals surface area contributed by atoms with E-state index in [-0.39, 0.29) is 30.6 Å². The molecule has 178 valence electrons. The molecule has 3 heterocycles. The van der Waals surface area contributed by atoms with E-state index in [0.717, 1.165) is 17.1 Å². The lowest BCUT2D eigenvalue weighted by molar-refractivity contribution is -0.119. The zero-order chi connectivity index (χ0) is 24.2. The zero-order valence-corrected chi connectivity index (χ0v) is 20.5. The van der Waals surface area contributed by atoms with Crippen LogP contribution in [0.15, 0.2) is 60.9 Å². The number of thiocarbonyl (C=S) groups is 1. The number of hydrogen-bond acceptors (Lipinski definition) is 5. The fourth-order valence-electron chi connectivity index (χ4n) is 4.32. The maximum Gasteiger partial charge on any atom is 0.250 e. The number of nitrogens with zero attached hydrogens (tertiary/aromatic N) is 3. The van der Waals surface area contributed by atoms with Crippen LogP contribution in [0.4, 0.5) is 11.4 Å². The lowest BCUT2D eigenvalue weighted by Gasteiger charge is -2.30. The number of ether oxygens (including phenoxy) is 2. The molecular weight excluding hydrogens is 450 g/mol. The highest BCUT2D eigenvalue weighted by atomic mass is 32.1. The highest BCUT2D eigenvalue weighted by molar-refractivity contribution is 7.80. The molecule has 1 amide bonds. The van der Waals surface area contributed by atoms with Crippen molar-refractivity contribution in [1.82, 2.24) is 14.9 Å². The molecule has 1 aliphatic heterocycles. The van der Waals surface area contributed by atoms with Crippen molar-refractivity contribution in [1.29, 1.82) is 0 Å². The molecule has 1 fully saturated rings. The van der Waals surface area contributed by atoms with E-state index in [0.29, 0.717) is 16.5 Å². The van der Waals surface area contributed by atoms with Gasteiger partial charge in [-0.1, -0.05) is 6.07 Å². The van der Waals surface area contributed by atoms with Crippen molar-refractivity contribution in [3.63, 3.8) is 0 Å². The van der Waals surface area contributed by atoms with Crippen LogP contribution < -0.4 is 20.3 Å². The number of amides is 1. The Morgan fingerprint density at radius 3 is 2.71 bits per heavy atom. The average Bonchev–Trinajstić information content (AvgIpc) is 3.44. The lowest BCUT2D eigenvalue weighted by Crippen LogP contribution is -2.30. The molecule has 3 aromatic rings. The van der Waals surface area contributed by atoms with E-state index in [4.69, 9.17) is 21.7 Å². The third-order valence-corrected chi connectivity index (χ3v) is 6.09. The molecule has 2 atom stereocenters. The summed E-state index contributed by atoms with van der Waals surface area (Å²) < 4.78 is 12.7. The first-order valence-corrected chi connectivity index (χ1v) is 11.5. The summed E-state index contributed by atoms with van der Waals surface area (Å²) in [7, 11) is 3.05. The van der Waals surface area contributed by atoms with Crippen molar-refractivity contribution in [2.75, 3.05) is 31.0 Å². The van der Waals surface area contributed by atoms with E-state index in [9.17, 15) is 4.79 Å². The number of anilines is 2. The second kappa shape index (κ2) is 10.2. The molecule has 1 aliphatic rings. The van der Waals surface area contributed by atoms with Crippen LogP contribution in [0.1, 0.15) is 43.4 Å². The normalized spacial score (nSPS) is 17.7. The molecule has 4 rings (SSSR count). The van der Waals surface area contributed by atoms with Crippen molar-refractivity contribution in [3.05, 3.63) is 72.3 Å². The van der Waals surface area contributed by atoms with Gasteiger partial charge in [-0.05, 0) is 68.5 Å². The van der Waals surface area contributed by atoms with Crippen molar-refractivity contribution < 1.29 is 14.3 Å². The summed E-state index contributed by atoms with van der Waals surface area (Å²) in [6, 6.07) is 15.6. The first kappa shape index (κ1) is 23.7. The Labute approximate surface area is 204 Å². The third-order valence-electron chi connectivity index (χ3n) is 5.78. The maximum atomic E-state index is 12.2. The van der Waals surface area contributed by atoms with E-state index >= 15 is 0 Å². The number of rotatable bonds is 8. The SMILES string of the molecule is COCC(=O)Nc1cc(N2C(=S)N[C@@H](c3ccccn3)[C@@H]2c2cccn2C(C)C)ccc1OC. The second-order valence-corrected chi connectivity index (χ2v) is 8.68. The summed E-state index contributed by atoms with van der Waals surface area (Å²) in [4.78, 5) is 18.9. The van der Waals surface area contributed by atoms with Gasteiger partial charge >= 0.3 is 0 Å². The van der Waals surface area contributed by atoms with E-state index in [1.807, 2.05) is 36.4 Å². The van der Waals surface area contributed by atoms with E-state index in [1.54, 1.807) is 13.3 Å². The van der Waals surface area contributed by atoms with Crippen LogP contribution in [0.3, 0.4) is 0 Å². The van der Waals surface area contributed by atoms with Gasteiger partial charge in [0.15, 0.2) is 5.11 Å². The smallest absolute Gasteiger partial charge is 0.250 e. The van der Waals surface area contributed by atoms with E-state index in [2.05, 4.69) is 57.3 Å². The molecule has 0 radical (unpaired) electrons. The summed E-state index contributed by atoms with van der Waals surface area (Å²) in [5.74, 6) is 0.284. The topological polar surface area (TPSA) is 80.7 Å². The number of pyridine rings is 1. The monoisotopic (exact) mass is 479 g/mol. The Morgan fingerprint density at radius 2 is 2.03 bits per heavy atom. The lowest BCUT2D eigenvalue weighted by atomic mass is 10.0. The number of carbonyl (C=O) groups is 1. The minimum atomic E-state index is -0.267. The summed E-state index contributed by atoms with van der Waals surface area (Å²) in [6.45, 7) is 4.26. The third kappa shape index (κ3) is 4.62. The van der Waals surface area contributed by atoms with Gasteiger partial charge in [0, 0.05) is 36.9 Å². The average molecular weight is 480 g/mol. The number of benzene rings is 1. The van der Waals surface area contributed by atoms with Crippen LogP contribution >= 0.6 is 12.2 Å². The molecule has 0 spiro atoms. The standard InChI is InChI=1S/C25H29N5O3S/c1-16(2)29-13-7-9-20(29)24-23(18-8-5-6-12-26-18)28-25(34)30(24)17-10-11-21(33-4)19(14-17)27-22(31)15-32-3/h5-14,16,23-24H,15H2,1-4H3,(H,27,31)(H,28,34)/t23-,24-/m0/s1. The molecular formula is C25H29N5O3S. The highest BCUT2D eigenvalue weighted by Crippen LogP contribution is 2.43. The number of nitrogens with one attached hydrogen (secondary N) is 2. The molecule has 1 aromatic carbocycles. The number of carbonyl (C=O) groups excluding carboxylic acids is 1. The Morgan fingerprint density at radius 1 is 1.21 bits per heavy atom.